The predicted octanol–water partition coefficient (Wildman–Crippen LogP) is 7.60. The average molecular weight is 429 g/mol. The van der Waals surface area contributed by atoms with E-state index in [4.69, 9.17) is 4.74 Å². The molecular weight excluding hydrogens is 391 g/mol. The fraction of sp³-hybridized carbons (Fsp3) is 0.478. The van der Waals surface area contributed by atoms with Gasteiger partial charge in [0.15, 0.2) is 7.51 Å². The van der Waals surface area contributed by atoms with E-state index in [2.05, 4.69) is 130 Å². The number of benzene rings is 2. The van der Waals surface area contributed by atoms with Gasteiger partial charge in [0, 0.05) is 16.8 Å². The third kappa shape index (κ3) is 4.11. The van der Waals surface area contributed by atoms with Crippen LogP contribution in [-0.4, -0.2) is 28.1 Å². The predicted molar refractivity (Wildman–Crippen MR) is 131 cm³/mol. The molecule has 1 N–H and O–H groups in total. The quantitative estimate of drug-likeness (QED) is 0.403. The van der Waals surface area contributed by atoms with Gasteiger partial charge in [0.2, 0.25) is 8.40 Å². The Hall–Kier alpha value is -1.39. The molecule has 158 valence electrons. The molecule has 0 amide bonds. The van der Waals surface area contributed by atoms with Gasteiger partial charge in [-0.15, -0.1) is 0 Å². The van der Waals surface area contributed by atoms with E-state index in [1.54, 1.807) is 0 Å². The van der Waals surface area contributed by atoms with E-state index >= 15 is 0 Å². The topological polar surface area (TPSA) is 30.9 Å². The number of rotatable bonds is 3. The van der Waals surface area contributed by atoms with Gasteiger partial charge in [-0.1, -0.05) is 35.9 Å². The smallest absolute Gasteiger partial charge is 0.216 e. The summed E-state index contributed by atoms with van der Waals surface area (Å²) < 4.78 is 11.0. The number of nitrogens with one attached hydrogen (secondary N) is 1. The van der Waals surface area contributed by atoms with Crippen molar-refractivity contribution in [1.29, 1.82) is 0 Å². The minimum atomic E-state index is -2.21. The summed E-state index contributed by atoms with van der Waals surface area (Å²) in [5, 5.41) is 3.97. The van der Waals surface area contributed by atoms with Crippen LogP contribution in [0.4, 0.5) is 11.4 Å². The highest BCUT2D eigenvalue weighted by atomic mass is 31.2. The maximum Gasteiger partial charge on any atom is 0.216 e. The molecule has 2 aromatic carbocycles. The van der Waals surface area contributed by atoms with Crippen LogP contribution < -0.4 is 5.09 Å². The number of anilines is 1. The molecule has 3 rings (SSSR count). The van der Waals surface area contributed by atoms with Crippen molar-refractivity contribution in [2.24, 2.45) is 4.74 Å². The van der Waals surface area contributed by atoms with Crippen molar-refractivity contribution < 1.29 is 0 Å². The highest BCUT2D eigenvalue weighted by molar-refractivity contribution is 7.71. The first-order chi connectivity index (χ1) is 13.3. The van der Waals surface area contributed by atoms with Gasteiger partial charge in [0.05, 0.1) is 5.69 Å². The van der Waals surface area contributed by atoms with Crippen LogP contribution in [0.1, 0.15) is 47.1 Å². The van der Waals surface area contributed by atoms with Crippen LogP contribution in [0, 0.1) is 6.92 Å². The van der Waals surface area contributed by atoms with Gasteiger partial charge in [0.25, 0.3) is 0 Å². The molecule has 0 aromatic heterocycles. The molecule has 0 radical (unpaired) electrons. The van der Waals surface area contributed by atoms with Gasteiger partial charge in [0.1, 0.15) is 0 Å². The average Bonchev–Trinajstić information content (AvgIpc) is 2.54. The van der Waals surface area contributed by atoms with E-state index in [0.29, 0.717) is 0 Å². The molecular formula is C23H37N4PSi. The van der Waals surface area contributed by atoms with Crippen LogP contribution in [0.5, 0.6) is 0 Å². The molecule has 0 bridgehead atoms. The highest BCUT2D eigenvalue weighted by Crippen LogP contribution is 2.74. The van der Waals surface area contributed by atoms with Crippen LogP contribution in [0.3, 0.4) is 0 Å². The van der Waals surface area contributed by atoms with Gasteiger partial charge in [-0.25, -0.2) is 13.4 Å². The molecule has 6 heteroatoms. The van der Waals surface area contributed by atoms with E-state index in [-0.39, 0.29) is 11.1 Å². The molecule has 2 aromatic rings. The molecule has 4 nitrogen and oxygen atoms in total. The fourth-order valence-corrected chi connectivity index (χ4v) is 18.2. The molecule has 0 atom stereocenters. The Morgan fingerprint density at radius 1 is 0.793 bits per heavy atom. The number of hydrogen-bond donors (Lipinski definition) is 1. The van der Waals surface area contributed by atoms with E-state index in [0.717, 1.165) is 11.4 Å². The van der Waals surface area contributed by atoms with E-state index in [9.17, 15) is 0 Å². The Morgan fingerprint density at radius 3 is 1.72 bits per heavy atom. The van der Waals surface area contributed by atoms with Crippen molar-refractivity contribution >= 4 is 27.3 Å². The van der Waals surface area contributed by atoms with Gasteiger partial charge in [-0.05, 0) is 85.8 Å². The maximum atomic E-state index is 5.49. The zero-order valence-electron chi connectivity index (χ0n) is 19.5. The Morgan fingerprint density at radius 2 is 1.28 bits per heavy atom. The third-order valence-corrected chi connectivity index (χ3v) is 16.6. The molecule has 0 saturated carbocycles. The van der Waals surface area contributed by atoms with Crippen LogP contribution in [-0.2, 0) is 0 Å². The van der Waals surface area contributed by atoms with Crippen molar-refractivity contribution in [3.63, 3.8) is 0 Å². The molecule has 1 aliphatic rings. The van der Waals surface area contributed by atoms with Gasteiger partial charge in [-0.2, -0.15) is 0 Å². The minimum Gasteiger partial charge on any atom is -0.329 e. The number of hydrogen-bond acceptors (Lipinski definition) is 1. The molecule has 1 heterocycles. The monoisotopic (exact) mass is 428 g/mol. The lowest BCUT2D eigenvalue weighted by Gasteiger charge is -2.71. The van der Waals surface area contributed by atoms with Gasteiger partial charge < -0.3 is 5.09 Å². The summed E-state index contributed by atoms with van der Waals surface area (Å²) in [5.41, 5.74) is 3.47. The summed E-state index contributed by atoms with van der Waals surface area (Å²) in [6, 6.07) is 19.2. The second-order valence-corrected chi connectivity index (χ2v) is 17.4. The molecule has 0 spiro atoms. The van der Waals surface area contributed by atoms with Gasteiger partial charge >= 0.3 is 0 Å². The van der Waals surface area contributed by atoms with Crippen LogP contribution in [0.2, 0.25) is 13.1 Å². The Bertz CT molecular complexity index is 881. The Kier molecular flexibility index (Phi) is 5.68. The van der Waals surface area contributed by atoms with Crippen LogP contribution in [0.15, 0.2) is 59.3 Å². The lowest BCUT2D eigenvalue weighted by molar-refractivity contribution is 0.235. The van der Waals surface area contributed by atoms with E-state index in [1.165, 1.54) is 5.56 Å². The summed E-state index contributed by atoms with van der Waals surface area (Å²) in [7, 11) is -4.08. The summed E-state index contributed by atoms with van der Waals surface area (Å²) in [6.07, 6.45) is 0. The third-order valence-electron chi connectivity index (χ3n) is 5.21. The zero-order valence-corrected chi connectivity index (χ0v) is 21.4. The molecule has 1 fully saturated rings. The van der Waals surface area contributed by atoms with Crippen molar-refractivity contribution in [2.75, 3.05) is 5.09 Å². The van der Waals surface area contributed by atoms with Crippen molar-refractivity contribution in [3.05, 3.63) is 60.2 Å². The lowest BCUT2D eigenvalue weighted by Crippen LogP contribution is -2.79. The van der Waals surface area contributed by atoms with Crippen molar-refractivity contribution in [3.8, 4) is 0 Å². The molecule has 0 aliphatic carbocycles. The lowest BCUT2D eigenvalue weighted by atomic mass is 10.1. The zero-order chi connectivity index (χ0) is 21.7. The second kappa shape index (κ2) is 7.38. The van der Waals surface area contributed by atoms with Gasteiger partial charge in [-0.3, -0.25) is 0 Å². The Labute approximate surface area is 178 Å². The number of nitrogens with zero attached hydrogens (tertiary/aromatic N) is 3. The van der Waals surface area contributed by atoms with Crippen molar-refractivity contribution in [1.82, 2.24) is 8.67 Å². The minimum absolute atomic E-state index is 0.0151. The highest BCUT2D eigenvalue weighted by Gasteiger charge is 2.67. The molecule has 1 aliphatic heterocycles. The SMILES string of the molecule is Cc1ccc(NP2(=Nc3ccccc3)N(C(C)(C)C)[Si](C)(C)N2C(C)(C)C)cc1. The first kappa shape index (κ1) is 22.3. The summed E-state index contributed by atoms with van der Waals surface area (Å²) in [4.78, 5) is 0. The normalized spacial score (nSPS) is 19.5. The standard InChI is InChI=1S/C23H37N4PSi/c1-19-15-17-21(18-16-19)25-28(24-20-13-11-10-12-14-20)26(22(2,3)4)29(8,9)27(28)23(5,6)7/h10-18,25H,1-9H3. The first-order valence-corrected chi connectivity index (χ1v) is 15.0. The molecule has 0 unspecified atom stereocenters. The maximum absolute atomic E-state index is 5.49. The fourth-order valence-electron chi connectivity index (χ4n) is 4.97. The Balaban J connectivity index is 2.28. The van der Waals surface area contributed by atoms with E-state index < -0.39 is 15.9 Å². The largest absolute Gasteiger partial charge is 0.329 e. The van der Waals surface area contributed by atoms with Crippen molar-refractivity contribution in [2.45, 2.75) is 72.6 Å². The molecule has 1 saturated heterocycles. The van der Waals surface area contributed by atoms with Crippen LogP contribution in [0.25, 0.3) is 0 Å². The van der Waals surface area contributed by atoms with E-state index in [1.807, 2.05) is 0 Å². The van der Waals surface area contributed by atoms with Crippen LogP contribution >= 0.6 is 7.51 Å². The second-order valence-electron chi connectivity index (χ2n) is 10.4. The first-order valence-electron chi connectivity index (χ1n) is 10.4. The summed E-state index contributed by atoms with van der Waals surface area (Å²) in [5.74, 6) is 0. The summed E-state index contributed by atoms with van der Waals surface area (Å²) in [6.45, 7) is 21.0. The molecule has 29 heavy (non-hydrogen) atoms. The number of aryl methyl sites for hydroxylation is 1. The summed E-state index contributed by atoms with van der Waals surface area (Å²) >= 11 is 0.